The zero-order valence-electron chi connectivity index (χ0n) is 15.2. The fourth-order valence-electron chi connectivity index (χ4n) is 3.25. The van der Waals surface area contributed by atoms with Gasteiger partial charge in [0, 0.05) is 26.1 Å². The smallest absolute Gasteiger partial charge is 0.228 e. The van der Waals surface area contributed by atoms with Gasteiger partial charge in [0.25, 0.3) is 0 Å². The highest BCUT2D eigenvalue weighted by Gasteiger charge is 2.18. The molecule has 6 nitrogen and oxygen atoms in total. The van der Waals surface area contributed by atoms with Crippen LogP contribution in [0.3, 0.4) is 0 Å². The first-order valence-electron chi connectivity index (χ1n) is 8.98. The quantitative estimate of drug-likeness (QED) is 0.380. The summed E-state index contributed by atoms with van der Waals surface area (Å²) in [6, 6.07) is 0. The number of hydrogen-bond acceptors (Lipinski definition) is 4. The van der Waals surface area contributed by atoms with Gasteiger partial charge < -0.3 is 15.2 Å². The maximum absolute atomic E-state index is 5.12. The standard InChI is InChI=1S/C17H31N5O.HI/c1-4-18-17(20-11-9-16-21-14(3)22-23-16)19-10-8-15-7-5-6-13(2)12-15;/h13,15H,4-12H2,1-3H3,(H2,18,19,20);1H. The van der Waals surface area contributed by atoms with Gasteiger partial charge in [0.2, 0.25) is 5.89 Å². The van der Waals surface area contributed by atoms with Crippen molar-refractivity contribution in [1.82, 2.24) is 20.8 Å². The first-order valence-corrected chi connectivity index (χ1v) is 8.98. The van der Waals surface area contributed by atoms with Crippen LogP contribution in [-0.2, 0) is 6.42 Å². The molecule has 2 rings (SSSR count). The van der Waals surface area contributed by atoms with Crippen molar-refractivity contribution in [1.29, 1.82) is 0 Å². The second kappa shape index (κ2) is 11.7. The first kappa shape index (κ1) is 21.2. The lowest BCUT2D eigenvalue weighted by atomic mass is 9.81. The fraction of sp³-hybridized carbons (Fsp3) is 0.824. The molecule has 2 atom stereocenters. The van der Waals surface area contributed by atoms with Crippen LogP contribution in [-0.4, -0.2) is 35.7 Å². The summed E-state index contributed by atoms with van der Waals surface area (Å²) in [5.41, 5.74) is 0. The molecule has 1 aromatic heterocycles. The lowest BCUT2D eigenvalue weighted by molar-refractivity contribution is 0.272. The summed E-state index contributed by atoms with van der Waals surface area (Å²) in [6.45, 7) is 8.80. The minimum absolute atomic E-state index is 0. The zero-order valence-corrected chi connectivity index (χ0v) is 17.5. The molecule has 1 aliphatic rings. The van der Waals surface area contributed by atoms with Gasteiger partial charge in [-0.15, -0.1) is 24.0 Å². The number of halogens is 1. The number of nitrogens with zero attached hydrogens (tertiary/aromatic N) is 3. The van der Waals surface area contributed by atoms with Crippen LogP contribution in [0.4, 0.5) is 0 Å². The minimum Gasteiger partial charge on any atom is -0.357 e. The van der Waals surface area contributed by atoms with Gasteiger partial charge in [0.05, 0.1) is 0 Å². The number of rotatable bonds is 7. The van der Waals surface area contributed by atoms with E-state index in [-0.39, 0.29) is 24.0 Å². The summed E-state index contributed by atoms with van der Waals surface area (Å²) >= 11 is 0. The van der Waals surface area contributed by atoms with Crippen molar-refractivity contribution in [2.75, 3.05) is 19.6 Å². The van der Waals surface area contributed by atoms with Gasteiger partial charge in [0.1, 0.15) is 0 Å². The number of aromatic nitrogens is 2. The molecule has 0 spiro atoms. The van der Waals surface area contributed by atoms with Crippen molar-refractivity contribution in [2.24, 2.45) is 16.8 Å². The highest BCUT2D eigenvalue weighted by atomic mass is 127. The van der Waals surface area contributed by atoms with Gasteiger partial charge >= 0.3 is 0 Å². The van der Waals surface area contributed by atoms with Crippen LogP contribution in [0.5, 0.6) is 0 Å². The summed E-state index contributed by atoms with van der Waals surface area (Å²) in [5.74, 6) is 3.98. The van der Waals surface area contributed by atoms with Gasteiger partial charge in [-0.25, -0.2) is 0 Å². The zero-order chi connectivity index (χ0) is 16.5. The lowest BCUT2D eigenvalue weighted by Gasteiger charge is -2.26. The summed E-state index contributed by atoms with van der Waals surface area (Å²) in [6.07, 6.45) is 7.45. The van der Waals surface area contributed by atoms with E-state index < -0.39 is 0 Å². The molecule has 1 aliphatic carbocycles. The Morgan fingerprint density at radius 1 is 1.33 bits per heavy atom. The van der Waals surface area contributed by atoms with Crippen molar-refractivity contribution in [2.45, 2.75) is 59.3 Å². The Kier molecular flexibility index (Phi) is 10.3. The predicted octanol–water partition coefficient (Wildman–Crippen LogP) is 3.31. The molecule has 0 bridgehead atoms. The van der Waals surface area contributed by atoms with Crippen molar-refractivity contribution in [3.05, 3.63) is 11.7 Å². The Morgan fingerprint density at radius 2 is 2.17 bits per heavy atom. The third kappa shape index (κ3) is 7.81. The van der Waals surface area contributed by atoms with E-state index in [0.717, 1.165) is 37.4 Å². The van der Waals surface area contributed by atoms with E-state index in [9.17, 15) is 0 Å². The van der Waals surface area contributed by atoms with Crippen LogP contribution in [0, 0.1) is 18.8 Å². The highest BCUT2D eigenvalue weighted by Crippen LogP contribution is 2.30. The van der Waals surface area contributed by atoms with Crippen LogP contribution < -0.4 is 10.6 Å². The van der Waals surface area contributed by atoms with E-state index in [2.05, 4.69) is 34.6 Å². The number of aryl methyl sites for hydroxylation is 1. The third-order valence-electron chi connectivity index (χ3n) is 4.40. The molecule has 0 amide bonds. The number of aliphatic imine (C=N–C) groups is 1. The third-order valence-corrected chi connectivity index (χ3v) is 4.40. The predicted molar refractivity (Wildman–Crippen MR) is 108 cm³/mol. The number of nitrogens with one attached hydrogen (secondary N) is 2. The Hall–Kier alpha value is -0.860. The van der Waals surface area contributed by atoms with Crippen LogP contribution in [0.25, 0.3) is 0 Å². The van der Waals surface area contributed by atoms with Gasteiger partial charge in [0.15, 0.2) is 11.8 Å². The monoisotopic (exact) mass is 449 g/mol. The number of guanidine groups is 1. The molecule has 0 radical (unpaired) electrons. The maximum atomic E-state index is 5.12. The molecule has 1 saturated carbocycles. The molecule has 2 unspecified atom stereocenters. The molecular weight excluding hydrogens is 417 g/mol. The van der Waals surface area contributed by atoms with E-state index in [1.54, 1.807) is 0 Å². The second-order valence-electron chi connectivity index (χ2n) is 6.60. The topological polar surface area (TPSA) is 75.3 Å². The molecule has 24 heavy (non-hydrogen) atoms. The molecule has 2 N–H and O–H groups in total. The molecule has 1 heterocycles. The average Bonchev–Trinajstić information content (AvgIpc) is 2.93. The lowest BCUT2D eigenvalue weighted by Crippen LogP contribution is -2.38. The van der Waals surface area contributed by atoms with Gasteiger partial charge in [-0.2, -0.15) is 4.98 Å². The van der Waals surface area contributed by atoms with Crippen molar-refractivity contribution < 1.29 is 4.52 Å². The number of hydrogen-bond donors (Lipinski definition) is 2. The molecule has 1 fully saturated rings. The van der Waals surface area contributed by atoms with E-state index in [0.29, 0.717) is 18.1 Å². The van der Waals surface area contributed by atoms with Crippen molar-refractivity contribution in [3.8, 4) is 0 Å². The molecule has 0 saturated heterocycles. The van der Waals surface area contributed by atoms with Crippen LogP contribution in [0.15, 0.2) is 9.52 Å². The molecule has 138 valence electrons. The summed E-state index contributed by atoms with van der Waals surface area (Å²) in [5, 5.41) is 10.4. The Morgan fingerprint density at radius 3 is 2.83 bits per heavy atom. The van der Waals surface area contributed by atoms with E-state index in [1.807, 2.05) is 6.92 Å². The molecule has 1 aromatic rings. The van der Waals surface area contributed by atoms with Crippen molar-refractivity contribution in [3.63, 3.8) is 0 Å². The molecule has 0 aromatic carbocycles. The molecule has 0 aliphatic heterocycles. The van der Waals surface area contributed by atoms with E-state index in [4.69, 9.17) is 9.52 Å². The Bertz CT molecular complexity index is 491. The van der Waals surface area contributed by atoms with Gasteiger partial charge in [-0.1, -0.05) is 31.3 Å². The largest absolute Gasteiger partial charge is 0.357 e. The summed E-state index contributed by atoms with van der Waals surface area (Å²) < 4.78 is 5.12. The normalized spacial score (nSPS) is 21.2. The highest BCUT2D eigenvalue weighted by molar-refractivity contribution is 14.0. The van der Waals surface area contributed by atoms with Crippen LogP contribution in [0.1, 0.15) is 57.7 Å². The minimum atomic E-state index is 0. The summed E-state index contributed by atoms with van der Waals surface area (Å²) in [7, 11) is 0. The maximum Gasteiger partial charge on any atom is 0.228 e. The fourth-order valence-corrected chi connectivity index (χ4v) is 3.25. The Labute approximate surface area is 162 Å². The second-order valence-corrected chi connectivity index (χ2v) is 6.60. The summed E-state index contributed by atoms with van der Waals surface area (Å²) in [4.78, 5) is 8.90. The van der Waals surface area contributed by atoms with Gasteiger partial charge in [-0.3, -0.25) is 4.99 Å². The van der Waals surface area contributed by atoms with Crippen LogP contribution in [0.2, 0.25) is 0 Å². The van der Waals surface area contributed by atoms with Gasteiger partial charge in [-0.05, 0) is 38.5 Å². The van der Waals surface area contributed by atoms with E-state index >= 15 is 0 Å². The Balaban J connectivity index is 0.00000288. The first-order chi connectivity index (χ1) is 11.2. The van der Waals surface area contributed by atoms with Crippen molar-refractivity contribution >= 4 is 29.9 Å². The average molecular weight is 449 g/mol. The van der Waals surface area contributed by atoms with E-state index in [1.165, 1.54) is 32.1 Å². The molecular formula is C17H32IN5O. The van der Waals surface area contributed by atoms with Crippen LogP contribution >= 0.6 is 24.0 Å². The molecule has 7 heteroatoms. The SMILES string of the molecule is CCNC(=NCCC1CCCC(C)C1)NCCc1nc(C)no1.I.